The Morgan fingerprint density at radius 3 is 2.60 bits per heavy atom. The molecule has 0 saturated carbocycles. The van der Waals surface area contributed by atoms with E-state index in [-0.39, 0.29) is 18.4 Å². The van der Waals surface area contributed by atoms with E-state index in [9.17, 15) is 9.59 Å². The van der Waals surface area contributed by atoms with Gasteiger partial charge in [0, 0.05) is 25.6 Å². The lowest BCUT2D eigenvalue weighted by molar-refractivity contribution is -0.135. The molecule has 0 aromatic heterocycles. The molecule has 1 N–H and O–H groups in total. The molecule has 0 aromatic rings. The van der Waals surface area contributed by atoms with E-state index in [0.29, 0.717) is 26.3 Å². The number of hydrogen-bond acceptors (Lipinski definition) is 3. The Morgan fingerprint density at radius 1 is 1.47 bits per heavy atom. The quantitative estimate of drug-likeness (QED) is 0.683. The van der Waals surface area contributed by atoms with Gasteiger partial charge in [-0.1, -0.05) is 0 Å². The highest BCUT2D eigenvalue weighted by molar-refractivity contribution is 5.82. The maximum atomic E-state index is 11.7. The van der Waals surface area contributed by atoms with Crippen LogP contribution in [0.2, 0.25) is 0 Å². The topological polar surface area (TPSA) is 58.6 Å². The molecule has 0 bridgehead atoms. The third-order valence-electron chi connectivity index (χ3n) is 2.23. The zero-order chi connectivity index (χ0) is 11.3. The largest absolute Gasteiger partial charge is 0.378 e. The van der Waals surface area contributed by atoms with Crippen LogP contribution in [0.5, 0.6) is 0 Å². The molecule has 1 rings (SSSR count). The van der Waals surface area contributed by atoms with Gasteiger partial charge in [-0.05, 0) is 6.92 Å². The minimum Gasteiger partial charge on any atom is -0.378 e. The lowest BCUT2D eigenvalue weighted by Crippen LogP contribution is -2.43. The standard InChI is InChI=1S/C10H16N2O3/c1-8(11-9(2)13)7-10(14)12-3-5-15-6-4-12/h2,8H,3-7H2,1H3,(H,11,13). The smallest absolute Gasteiger partial charge is 0.224 e. The molecule has 1 saturated heterocycles. The maximum absolute atomic E-state index is 11.7. The molecule has 2 amide bonds. The molecular formula is C10H16N2O3. The van der Waals surface area contributed by atoms with Gasteiger partial charge >= 0.3 is 0 Å². The summed E-state index contributed by atoms with van der Waals surface area (Å²) in [6.07, 6.45) is 0.281. The molecule has 84 valence electrons. The monoisotopic (exact) mass is 212 g/mol. The van der Waals surface area contributed by atoms with Crippen LogP contribution in [0.15, 0.2) is 0 Å². The molecule has 0 aliphatic carbocycles. The molecule has 0 spiro atoms. The summed E-state index contributed by atoms with van der Waals surface area (Å²) in [5.74, 6) is -0.572. The van der Waals surface area contributed by atoms with Crippen LogP contribution in [0.25, 0.3) is 0 Å². The average Bonchev–Trinajstić information content (AvgIpc) is 2.17. The molecule has 5 nitrogen and oxygen atoms in total. The van der Waals surface area contributed by atoms with Gasteiger partial charge in [0.1, 0.15) is 0 Å². The van der Waals surface area contributed by atoms with Crippen molar-refractivity contribution < 1.29 is 14.3 Å². The highest BCUT2D eigenvalue weighted by Gasteiger charge is 2.19. The summed E-state index contributed by atoms with van der Waals surface area (Å²) in [7, 11) is 0. The number of nitrogens with zero attached hydrogens (tertiary/aromatic N) is 1. The molecule has 15 heavy (non-hydrogen) atoms. The van der Waals surface area contributed by atoms with E-state index in [1.54, 1.807) is 11.8 Å². The number of ether oxygens (including phenoxy) is 1. The summed E-state index contributed by atoms with van der Waals surface area (Å²) >= 11 is 0. The number of rotatable bonds is 3. The van der Waals surface area contributed by atoms with E-state index in [4.69, 9.17) is 11.7 Å². The van der Waals surface area contributed by atoms with Crippen molar-refractivity contribution in [3.8, 4) is 0 Å². The fourth-order valence-electron chi connectivity index (χ4n) is 1.50. The van der Waals surface area contributed by atoms with Crippen molar-refractivity contribution >= 4 is 11.8 Å². The Bertz CT molecular complexity index is 237. The SMILES string of the molecule is [CH]C(=O)NC(C)CC(=O)N1CCOCC1. The van der Waals surface area contributed by atoms with Crippen LogP contribution < -0.4 is 5.32 Å². The first kappa shape index (κ1) is 12.0. The Hall–Kier alpha value is -1.10. The Balaban J connectivity index is 2.30. The Labute approximate surface area is 89.8 Å². The lowest BCUT2D eigenvalue weighted by Gasteiger charge is -2.27. The molecule has 0 aromatic carbocycles. The molecule has 1 heterocycles. The number of hydrogen-bond donors (Lipinski definition) is 1. The fraction of sp³-hybridized carbons (Fsp3) is 0.700. The van der Waals surface area contributed by atoms with E-state index < -0.39 is 5.91 Å². The third kappa shape index (κ3) is 4.29. The molecule has 1 unspecified atom stereocenters. The van der Waals surface area contributed by atoms with Gasteiger partial charge in [0.05, 0.1) is 20.1 Å². The maximum Gasteiger partial charge on any atom is 0.224 e. The summed E-state index contributed by atoms with van der Waals surface area (Å²) in [4.78, 5) is 23.9. The van der Waals surface area contributed by atoms with Crippen LogP contribution in [0.1, 0.15) is 13.3 Å². The van der Waals surface area contributed by atoms with Crippen LogP contribution in [-0.2, 0) is 14.3 Å². The second kappa shape index (κ2) is 5.70. The zero-order valence-corrected chi connectivity index (χ0v) is 8.86. The van der Waals surface area contributed by atoms with Crippen LogP contribution in [0.3, 0.4) is 0 Å². The summed E-state index contributed by atoms with van der Waals surface area (Å²) in [6, 6.07) is -0.224. The van der Waals surface area contributed by atoms with Crippen LogP contribution >= 0.6 is 0 Å². The van der Waals surface area contributed by atoms with Crippen molar-refractivity contribution in [2.24, 2.45) is 0 Å². The first-order chi connectivity index (χ1) is 7.09. The van der Waals surface area contributed by atoms with Crippen molar-refractivity contribution in [2.45, 2.75) is 19.4 Å². The van der Waals surface area contributed by atoms with E-state index >= 15 is 0 Å². The minimum absolute atomic E-state index is 0.0274. The highest BCUT2D eigenvalue weighted by Crippen LogP contribution is 2.02. The third-order valence-corrected chi connectivity index (χ3v) is 2.23. The Kier molecular flexibility index (Phi) is 4.55. The van der Waals surface area contributed by atoms with Gasteiger partial charge in [-0.15, -0.1) is 0 Å². The number of nitrogens with one attached hydrogen (secondary N) is 1. The number of carbonyl (C=O) groups excluding carboxylic acids is 2. The predicted octanol–water partition coefficient (Wildman–Crippen LogP) is -0.549. The molecule has 1 atom stereocenters. The van der Waals surface area contributed by atoms with Gasteiger partial charge in [-0.25, -0.2) is 0 Å². The fourth-order valence-corrected chi connectivity index (χ4v) is 1.50. The van der Waals surface area contributed by atoms with Crippen molar-refractivity contribution in [1.82, 2.24) is 10.2 Å². The van der Waals surface area contributed by atoms with Gasteiger partial charge in [0.2, 0.25) is 11.8 Å². The number of carbonyl (C=O) groups is 2. The lowest BCUT2D eigenvalue weighted by atomic mass is 10.2. The van der Waals surface area contributed by atoms with Crippen LogP contribution in [0, 0.1) is 6.92 Å². The second-order valence-corrected chi connectivity index (χ2v) is 3.61. The molecule has 1 aliphatic heterocycles. The van der Waals surface area contributed by atoms with Crippen molar-refractivity contribution in [3.63, 3.8) is 0 Å². The first-order valence-electron chi connectivity index (χ1n) is 5.01. The molecule has 1 aliphatic rings. The van der Waals surface area contributed by atoms with Crippen LogP contribution in [-0.4, -0.2) is 49.1 Å². The van der Waals surface area contributed by atoms with Crippen molar-refractivity contribution in [1.29, 1.82) is 0 Å². The zero-order valence-electron chi connectivity index (χ0n) is 8.86. The van der Waals surface area contributed by atoms with E-state index in [0.717, 1.165) is 0 Å². The van der Waals surface area contributed by atoms with Gasteiger partial charge < -0.3 is 15.0 Å². The van der Waals surface area contributed by atoms with Gasteiger partial charge in [0.25, 0.3) is 0 Å². The normalized spacial score (nSPS) is 18.4. The highest BCUT2D eigenvalue weighted by atomic mass is 16.5. The van der Waals surface area contributed by atoms with Gasteiger partial charge in [-0.3, -0.25) is 9.59 Å². The molecule has 2 radical (unpaired) electrons. The molecule has 5 heteroatoms. The number of morpholine rings is 1. The van der Waals surface area contributed by atoms with Crippen molar-refractivity contribution in [3.05, 3.63) is 6.92 Å². The second-order valence-electron chi connectivity index (χ2n) is 3.61. The summed E-state index contributed by atoms with van der Waals surface area (Å²) in [6.45, 7) is 9.13. The predicted molar refractivity (Wildman–Crippen MR) is 53.9 cm³/mol. The molecular weight excluding hydrogens is 196 g/mol. The van der Waals surface area contributed by atoms with E-state index in [2.05, 4.69) is 5.32 Å². The van der Waals surface area contributed by atoms with Gasteiger partial charge in [0.15, 0.2) is 0 Å². The summed E-state index contributed by atoms with van der Waals surface area (Å²) < 4.78 is 5.14. The average molecular weight is 212 g/mol. The van der Waals surface area contributed by atoms with E-state index in [1.807, 2.05) is 0 Å². The summed E-state index contributed by atoms with van der Waals surface area (Å²) in [5.41, 5.74) is 0. The molecule has 1 fully saturated rings. The number of amides is 2. The minimum atomic E-state index is -0.600. The van der Waals surface area contributed by atoms with Crippen LogP contribution in [0.4, 0.5) is 0 Å². The van der Waals surface area contributed by atoms with E-state index in [1.165, 1.54) is 0 Å². The Morgan fingerprint density at radius 2 is 2.07 bits per heavy atom. The van der Waals surface area contributed by atoms with Gasteiger partial charge in [-0.2, -0.15) is 0 Å². The first-order valence-corrected chi connectivity index (χ1v) is 5.01. The van der Waals surface area contributed by atoms with Crippen molar-refractivity contribution in [2.75, 3.05) is 26.3 Å². The summed E-state index contributed by atoms with van der Waals surface area (Å²) in [5, 5.41) is 2.47.